The molecule has 0 saturated heterocycles. The first-order chi connectivity index (χ1) is 5.83. The molecule has 0 N–H and O–H groups in total. The van der Waals surface area contributed by atoms with E-state index in [1.54, 1.807) is 0 Å². The maximum atomic E-state index is 4.95. The number of hydrogen-bond donors (Lipinski definition) is 0. The molecule has 7 heteroatoms. The van der Waals surface area contributed by atoms with E-state index in [9.17, 15) is 0 Å². The van der Waals surface area contributed by atoms with Gasteiger partial charge in [-0.05, 0) is 6.92 Å². The van der Waals surface area contributed by atoms with Gasteiger partial charge < -0.3 is 0 Å². The summed E-state index contributed by atoms with van der Waals surface area (Å²) in [6.45, 7) is 5.71. The fourth-order valence-electron chi connectivity index (χ4n) is 0.920. The molecule has 0 atom stereocenters. The molecule has 0 aromatic rings. The third-order valence-electron chi connectivity index (χ3n) is 1.51. The first kappa shape index (κ1) is 14.1. The Balaban J connectivity index is 0.000000252. The van der Waals surface area contributed by atoms with Crippen LogP contribution in [0.15, 0.2) is 0 Å². The van der Waals surface area contributed by atoms with Gasteiger partial charge in [-0.1, -0.05) is 0 Å². The summed E-state index contributed by atoms with van der Waals surface area (Å²) in [6.07, 6.45) is 2.17. The summed E-state index contributed by atoms with van der Waals surface area (Å²) in [5.74, 6) is 0. The van der Waals surface area contributed by atoms with Crippen LogP contribution in [0, 0.1) is 0 Å². The Morgan fingerprint density at radius 1 is 1.38 bits per heavy atom. The molecule has 0 unspecified atom stereocenters. The van der Waals surface area contributed by atoms with E-state index in [4.69, 9.17) is 40.4 Å². The Kier molecular flexibility index (Phi) is 7.18. The fourth-order valence-corrected chi connectivity index (χ4v) is 0.920. The molecule has 2 nitrogen and oxygen atoms in total. The summed E-state index contributed by atoms with van der Waals surface area (Å²) < 4.78 is 2.21. The van der Waals surface area contributed by atoms with Crippen LogP contribution in [0.25, 0.3) is 0 Å². The molecule has 0 spiro atoms. The second-order valence-electron chi connectivity index (χ2n) is 2.53. The minimum absolute atomic E-state index is 1.14. The van der Waals surface area contributed by atoms with Crippen LogP contribution in [0.3, 0.4) is 0 Å². The Bertz CT molecular complexity index is 174. The monoisotopic (exact) mass is 309 g/mol. The van der Waals surface area contributed by atoms with Gasteiger partial charge in [-0.25, -0.2) is 0 Å². The van der Waals surface area contributed by atoms with Gasteiger partial charge in [-0.15, -0.1) is 0 Å². The SMILES string of the molecule is CCN1C=[N+](C)CC1.[Cl][Fe-]([Cl])([Cl])[Cl]. The molecule has 1 heterocycles. The van der Waals surface area contributed by atoms with E-state index in [2.05, 4.69) is 29.8 Å². The van der Waals surface area contributed by atoms with E-state index < -0.39 is 9.20 Å². The van der Waals surface area contributed by atoms with Crippen LogP contribution in [0.1, 0.15) is 6.92 Å². The molecule has 13 heavy (non-hydrogen) atoms. The molecule has 0 radical (unpaired) electrons. The molecule has 0 aromatic carbocycles. The number of rotatable bonds is 1. The summed E-state index contributed by atoms with van der Waals surface area (Å²) in [5.41, 5.74) is 0. The molecule has 0 aliphatic carbocycles. The summed E-state index contributed by atoms with van der Waals surface area (Å²) >= 11 is 0. The van der Waals surface area contributed by atoms with Crippen molar-refractivity contribution in [2.75, 3.05) is 26.7 Å². The van der Waals surface area contributed by atoms with Crippen LogP contribution in [-0.2, 0) is 9.20 Å². The normalized spacial score (nSPS) is 17.7. The Morgan fingerprint density at radius 2 is 1.85 bits per heavy atom. The van der Waals surface area contributed by atoms with Gasteiger partial charge in [-0.2, -0.15) is 0 Å². The van der Waals surface area contributed by atoms with Gasteiger partial charge in [0.1, 0.15) is 13.1 Å². The van der Waals surface area contributed by atoms with E-state index in [-0.39, 0.29) is 0 Å². The van der Waals surface area contributed by atoms with Gasteiger partial charge in [-0.3, -0.25) is 9.48 Å². The molecule has 1 aliphatic rings. The number of halogens is 4. The van der Waals surface area contributed by atoms with E-state index in [0.717, 1.165) is 6.54 Å². The summed E-state index contributed by atoms with van der Waals surface area (Å²) in [7, 11) is 19.3. The Morgan fingerprint density at radius 3 is 2.00 bits per heavy atom. The Labute approximate surface area is 98.5 Å². The van der Waals surface area contributed by atoms with Gasteiger partial charge in [0.25, 0.3) is 0 Å². The van der Waals surface area contributed by atoms with Crippen LogP contribution in [0.4, 0.5) is 0 Å². The number of hydrogen-bond acceptors (Lipinski definition) is 1. The van der Waals surface area contributed by atoms with Crippen LogP contribution in [-0.4, -0.2) is 42.5 Å². The molecule has 83 valence electrons. The predicted molar refractivity (Wildman–Crippen MR) is 57.8 cm³/mol. The topological polar surface area (TPSA) is 6.25 Å². The molecule has 0 aromatic heterocycles. The van der Waals surface area contributed by atoms with Crippen molar-refractivity contribution in [1.29, 1.82) is 0 Å². The third-order valence-corrected chi connectivity index (χ3v) is 1.51. The van der Waals surface area contributed by atoms with Gasteiger partial charge in [0.05, 0.1) is 13.6 Å². The van der Waals surface area contributed by atoms with E-state index >= 15 is 0 Å². The standard InChI is InChI=1S/C6H13N2.4ClH.Fe/c1-3-8-5-4-7(2)6-8;;;;;/h6H,3-5H2,1-2H3;4*1H;/q+1;;;;;+3/p-4. The number of likely N-dealkylation sites (N-methyl/N-ethyl adjacent to an activating group) is 2. The Hall–Kier alpha value is 1.15. The van der Waals surface area contributed by atoms with Gasteiger partial charge in [0.15, 0.2) is 0 Å². The molecule has 0 fully saturated rings. The second-order valence-corrected chi connectivity index (χ2v) is 13.5. The average molecular weight is 311 g/mol. The van der Waals surface area contributed by atoms with E-state index in [1.807, 2.05) is 0 Å². The van der Waals surface area contributed by atoms with E-state index in [1.165, 1.54) is 13.1 Å². The average Bonchev–Trinajstić information content (AvgIpc) is 2.31. The van der Waals surface area contributed by atoms with Crippen molar-refractivity contribution >= 4 is 46.7 Å². The zero-order chi connectivity index (χ0) is 10.5. The van der Waals surface area contributed by atoms with Crippen LogP contribution in [0.5, 0.6) is 0 Å². The second kappa shape index (κ2) is 6.60. The van der Waals surface area contributed by atoms with Gasteiger partial charge in [0, 0.05) is 0 Å². The van der Waals surface area contributed by atoms with Gasteiger partial charge in [0.2, 0.25) is 6.34 Å². The van der Waals surface area contributed by atoms with Crippen molar-refractivity contribution < 1.29 is 13.8 Å². The summed E-state index contributed by atoms with van der Waals surface area (Å²) in [4.78, 5) is 2.31. The zero-order valence-corrected chi connectivity index (χ0v) is 11.6. The number of nitrogens with zero attached hydrogens (tertiary/aromatic N) is 2. The quantitative estimate of drug-likeness (QED) is 0.533. The van der Waals surface area contributed by atoms with Crippen molar-refractivity contribution in [3.8, 4) is 0 Å². The zero-order valence-electron chi connectivity index (χ0n) is 7.46. The molecule has 1 aliphatic heterocycles. The van der Waals surface area contributed by atoms with Crippen molar-refractivity contribution in [3.63, 3.8) is 0 Å². The maximum absolute atomic E-state index is 4.95. The molecular weight excluding hydrogens is 298 g/mol. The van der Waals surface area contributed by atoms with E-state index in [0.29, 0.717) is 0 Å². The predicted octanol–water partition coefficient (Wildman–Crippen LogP) is 2.75. The molecule has 0 saturated carbocycles. The van der Waals surface area contributed by atoms with Crippen molar-refractivity contribution in [2.24, 2.45) is 0 Å². The summed E-state index contributed by atoms with van der Waals surface area (Å²) in [6, 6.07) is 0. The minimum atomic E-state index is -2.61. The molecule has 0 amide bonds. The van der Waals surface area contributed by atoms with Gasteiger partial charge >= 0.3 is 49.6 Å². The molecule has 1 rings (SSSR count). The first-order valence-corrected chi connectivity index (χ1v) is 9.73. The van der Waals surface area contributed by atoms with Crippen LogP contribution < -0.4 is 0 Å². The van der Waals surface area contributed by atoms with Crippen molar-refractivity contribution in [2.45, 2.75) is 6.92 Å². The van der Waals surface area contributed by atoms with Crippen molar-refractivity contribution in [1.82, 2.24) is 4.90 Å². The van der Waals surface area contributed by atoms with Crippen molar-refractivity contribution in [3.05, 3.63) is 0 Å². The first-order valence-electron chi connectivity index (χ1n) is 3.65. The molecule has 0 bridgehead atoms. The summed E-state index contributed by atoms with van der Waals surface area (Å²) in [5, 5.41) is 0. The molecular formula is C6H13Cl4FeN2. The third kappa shape index (κ3) is 11.1. The fraction of sp³-hybridized carbons (Fsp3) is 0.833. The van der Waals surface area contributed by atoms with Crippen LogP contribution in [0.2, 0.25) is 0 Å². The van der Waals surface area contributed by atoms with Crippen LogP contribution >= 0.6 is 40.4 Å².